The second-order valence-electron chi connectivity index (χ2n) is 9.44. The molecule has 10 heteroatoms. The van der Waals surface area contributed by atoms with Gasteiger partial charge in [0, 0.05) is 86.9 Å². The number of nitrogens with zero attached hydrogens (tertiary/aromatic N) is 3. The number of piperazine rings is 1. The van der Waals surface area contributed by atoms with Crippen LogP contribution in [0.15, 0.2) is 73.1 Å². The maximum Gasteiger partial charge on any atom is 0.319 e. The molecule has 0 spiro atoms. The molecule has 38 heavy (non-hydrogen) atoms. The predicted octanol–water partition coefficient (Wildman–Crippen LogP) is 2.63. The molecule has 2 saturated heterocycles. The van der Waals surface area contributed by atoms with Gasteiger partial charge in [-0.05, 0) is 42.0 Å². The quantitative estimate of drug-likeness (QED) is 0.296. The largest absolute Gasteiger partial charge is 0.355 e. The Hall–Kier alpha value is -4.28. The fourth-order valence-electron chi connectivity index (χ4n) is 4.64. The third-order valence-corrected chi connectivity index (χ3v) is 6.83. The van der Waals surface area contributed by atoms with Crippen molar-refractivity contribution < 1.29 is 9.59 Å². The highest BCUT2D eigenvalue weighted by Crippen LogP contribution is 2.24. The second kappa shape index (κ2) is 11.8. The number of anilines is 3. The normalized spacial score (nSPS) is 15.8. The van der Waals surface area contributed by atoms with E-state index in [1.165, 1.54) is 0 Å². The molecule has 2 fully saturated rings. The number of hydrogen-bond acceptors (Lipinski definition) is 7. The molecule has 3 heterocycles. The molecule has 5 N–H and O–H groups in total. The molecule has 0 radical (unpaired) electrons. The van der Waals surface area contributed by atoms with Gasteiger partial charge in [0.2, 0.25) is 0 Å². The van der Waals surface area contributed by atoms with Crippen LogP contribution in [0.1, 0.15) is 11.1 Å². The minimum absolute atomic E-state index is 0.0181. The van der Waals surface area contributed by atoms with Crippen molar-refractivity contribution in [3.63, 3.8) is 0 Å². The Morgan fingerprint density at radius 2 is 1.71 bits per heavy atom. The zero-order chi connectivity index (χ0) is 26.3. The van der Waals surface area contributed by atoms with Crippen molar-refractivity contribution in [2.45, 2.75) is 12.6 Å². The molecule has 3 amide bonds. The number of benzene rings is 2. The minimum Gasteiger partial charge on any atom is -0.355 e. The monoisotopic (exact) mass is 512 g/mol. The third kappa shape index (κ3) is 6.16. The summed E-state index contributed by atoms with van der Waals surface area (Å²) in [5.41, 5.74) is 3.56. The maximum atomic E-state index is 13.0. The Balaban J connectivity index is 1.15. The molecule has 0 saturated carbocycles. The summed E-state index contributed by atoms with van der Waals surface area (Å²) in [6.07, 6.45) is 3.40. The summed E-state index contributed by atoms with van der Waals surface area (Å²) in [5, 5.41) is 20.9. The van der Waals surface area contributed by atoms with Crippen LogP contribution in [0, 0.1) is 5.41 Å². The van der Waals surface area contributed by atoms with Gasteiger partial charge in [-0.3, -0.25) is 20.1 Å². The van der Waals surface area contributed by atoms with E-state index < -0.39 is 0 Å². The van der Waals surface area contributed by atoms with E-state index in [9.17, 15) is 9.59 Å². The summed E-state index contributed by atoms with van der Waals surface area (Å²) in [4.78, 5) is 33.5. The number of urea groups is 1. The van der Waals surface area contributed by atoms with Crippen molar-refractivity contribution in [2.24, 2.45) is 0 Å². The van der Waals surface area contributed by atoms with Crippen LogP contribution in [-0.2, 0) is 11.3 Å². The van der Waals surface area contributed by atoms with Gasteiger partial charge in [0.1, 0.15) is 5.71 Å². The molecule has 1 aromatic heterocycles. The first-order chi connectivity index (χ1) is 18.6. The zero-order valence-corrected chi connectivity index (χ0v) is 21.1. The van der Waals surface area contributed by atoms with Crippen LogP contribution in [0.2, 0.25) is 0 Å². The number of hydrogen-bond donors (Lipinski definition) is 5. The Bertz CT molecular complexity index is 1270. The fourth-order valence-corrected chi connectivity index (χ4v) is 4.64. The zero-order valence-electron chi connectivity index (χ0n) is 21.1. The second-order valence-corrected chi connectivity index (χ2v) is 9.44. The third-order valence-electron chi connectivity index (χ3n) is 6.83. The number of carbonyl (C=O) groups is 2. The number of pyridine rings is 1. The summed E-state index contributed by atoms with van der Waals surface area (Å²) >= 11 is 0. The van der Waals surface area contributed by atoms with Crippen LogP contribution in [-0.4, -0.2) is 77.7 Å². The van der Waals surface area contributed by atoms with Gasteiger partial charge in [-0.15, -0.1) is 0 Å². The van der Waals surface area contributed by atoms with Gasteiger partial charge in [0.05, 0.1) is 0 Å². The van der Waals surface area contributed by atoms with E-state index in [-0.39, 0.29) is 17.6 Å². The lowest BCUT2D eigenvalue weighted by molar-refractivity contribution is -0.131. The van der Waals surface area contributed by atoms with Gasteiger partial charge in [-0.2, -0.15) is 0 Å². The highest BCUT2D eigenvalue weighted by atomic mass is 16.2. The molecule has 10 nitrogen and oxygen atoms in total. The summed E-state index contributed by atoms with van der Waals surface area (Å²) in [5.74, 6) is -0.248. The van der Waals surface area contributed by atoms with Crippen molar-refractivity contribution >= 4 is 34.7 Å². The average Bonchev–Trinajstić information content (AvgIpc) is 2.93. The molecular formula is C28H32N8O2. The number of aromatic nitrogens is 1. The van der Waals surface area contributed by atoms with E-state index in [2.05, 4.69) is 31.2 Å². The lowest BCUT2D eigenvalue weighted by atomic mass is 10.0. The minimum atomic E-state index is -0.308. The van der Waals surface area contributed by atoms with Gasteiger partial charge >= 0.3 is 6.03 Å². The van der Waals surface area contributed by atoms with Crippen molar-refractivity contribution in [3.05, 3.63) is 84.2 Å². The number of amides is 3. The molecule has 0 unspecified atom stereocenters. The molecule has 2 aliphatic rings. The highest BCUT2D eigenvalue weighted by molar-refractivity contribution is 6.45. The Kier molecular flexibility index (Phi) is 7.91. The molecule has 5 rings (SSSR count). The SMILES string of the molecule is N=C(C(=O)N1CC(N2CCNCC2)C1)c1ccccc1Nc1ccc(NC(=O)NCc2cccnc2)cc1. The van der Waals surface area contributed by atoms with Crippen molar-refractivity contribution in [1.29, 1.82) is 5.41 Å². The van der Waals surface area contributed by atoms with Gasteiger partial charge in [-0.25, -0.2) is 4.79 Å². The van der Waals surface area contributed by atoms with E-state index in [1.807, 2.05) is 42.5 Å². The van der Waals surface area contributed by atoms with Gasteiger partial charge in [0.25, 0.3) is 5.91 Å². The van der Waals surface area contributed by atoms with Gasteiger partial charge < -0.3 is 26.2 Å². The van der Waals surface area contributed by atoms with Crippen molar-refractivity contribution in [2.75, 3.05) is 49.9 Å². The van der Waals surface area contributed by atoms with Crippen LogP contribution in [0.4, 0.5) is 21.9 Å². The summed E-state index contributed by atoms with van der Waals surface area (Å²) in [6, 6.07) is 18.4. The van der Waals surface area contributed by atoms with E-state index >= 15 is 0 Å². The number of para-hydroxylation sites is 1. The topological polar surface area (TPSA) is 125 Å². The Morgan fingerprint density at radius 3 is 2.45 bits per heavy atom. The van der Waals surface area contributed by atoms with Crippen molar-refractivity contribution in [3.8, 4) is 0 Å². The molecular weight excluding hydrogens is 480 g/mol. The standard InChI is InChI=1S/C28H32N8O2/c29-26(27(37)36-18-23(19-36)35-14-12-30-13-15-35)24-5-1-2-6-25(24)33-21-7-9-22(10-8-21)34-28(38)32-17-20-4-3-11-31-16-20/h1-11,16,23,29-30,33H,12-15,17-19H2,(H2,32,34,38). The lowest BCUT2D eigenvalue weighted by Gasteiger charge is -2.46. The molecule has 3 aromatic rings. The van der Waals surface area contributed by atoms with E-state index in [0.717, 1.165) is 37.4 Å². The summed E-state index contributed by atoms with van der Waals surface area (Å²) < 4.78 is 0. The fraction of sp³-hybridized carbons (Fsp3) is 0.286. The van der Waals surface area contributed by atoms with E-state index in [1.54, 1.807) is 35.5 Å². The smallest absolute Gasteiger partial charge is 0.319 e. The maximum absolute atomic E-state index is 13.0. The number of nitrogens with one attached hydrogen (secondary N) is 5. The lowest BCUT2D eigenvalue weighted by Crippen LogP contribution is -2.64. The summed E-state index contributed by atoms with van der Waals surface area (Å²) in [7, 11) is 0. The van der Waals surface area contributed by atoms with Gasteiger partial charge in [0.15, 0.2) is 0 Å². The van der Waals surface area contributed by atoms with Crippen molar-refractivity contribution in [1.82, 2.24) is 25.4 Å². The first-order valence-electron chi connectivity index (χ1n) is 12.8. The first-order valence-corrected chi connectivity index (χ1v) is 12.8. The van der Waals surface area contributed by atoms with E-state index in [4.69, 9.17) is 5.41 Å². The Labute approximate surface area is 221 Å². The average molecular weight is 513 g/mol. The molecule has 0 bridgehead atoms. The van der Waals surface area contributed by atoms with Crippen LogP contribution < -0.4 is 21.3 Å². The van der Waals surface area contributed by atoms with E-state index in [0.29, 0.717) is 42.6 Å². The molecule has 2 aliphatic heterocycles. The predicted molar refractivity (Wildman–Crippen MR) is 148 cm³/mol. The van der Waals surface area contributed by atoms with Crippen LogP contribution in [0.5, 0.6) is 0 Å². The van der Waals surface area contributed by atoms with Crippen LogP contribution in [0.25, 0.3) is 0 Å². The molecule has 2 aromatic carbocycles. The Morgan fingerprint density at radius 1 is 0.974 bits per heavy atom. The number of rotatable bonds is 8. The number of carbonyl (C=O) groups excluding carboxylic acids is 2. The van der Waals surface area contributed by atoms with Gasteiger partial charge in [-0.1, -0.05) is 24.3 Å². The van der Waals surface area contributed by atoms with Crippen LogP contribution in [0.3, 0.4) is 0 Å². The molecule has 0 atom stereocenters. The highest BCUT2D eigenvalue weighted by Gasteiger charge is 2.36. The molecule has 196 valence electrons. The number of likely N-dealkylation sites (tertiary alicyclic amines) is 1. The first kappa shape index (κ1) is 25.4. The van der Waals surface area contributed by atoms with Crippen LogP contribution >= 0.6 is 0 Å². The molecule has 0 aliphatic carbocycles. The summed E-state index contributed by atoms with van der Waals surface area (Å²) in [6.45, 7) is 5.69.